The van der Waals surface area contributed by atoms with Crippen molar-refractivity contribution in [2.75, 3.05) is 0 Å². The molecule has 0 bridgehead atoms. The van der Waals surface area contributed by atoms with Crippen molar-refractivity contribution in [2.45, 2.75) is 90.9 Å². The molecule has 0 aliphatic heterocycles. The van der Waals surface area contributed by atoms with Crippen LogP contribution in [0.3, 0.4) is 0 Å². The smallest absolute Gasteiger partial charge is 0.267 e. The molecule has 0 spiro atoms. The van der Waals surface area contributed by atoms with E-state index in [0.717, 1.165) is 44.6 Å². The van der Waals surface area contributed by atoms with Gasteiger partial charge in [0.05, 0.1) is 5.69 Å². The van der Waals surface area contributed by atoms with Crippen LogP contribution in [0.2, 0.25) is 0 Å². The molecule has 9 rings (SSSR count). The minimum Gasteiger partial charge on any atom is -0.510 e. The summed E-state index contributed by atoms with van der Waals surface area (Å²) in [7, 11) is 0. The van der Waals surface area contributed by atoms with E-state index in [0.29, 0.717) is 11.5 Å². The monoisotopic (exact) mass is 1020 g/mol. The van der Waals surface area contributed by atoms with E-state index in [1.165, 1.54) is 27.8 Å². The topological polar surface area (TPSA) is 35.9 Å². The van der Waals surface area contributed by atoms with Crippen LogP contribution in [0.1, 0.15) is 103 Å². The quantitative estimate of drug-likeness (QED) is 0.107. The molecule has 3 heterocycles. The summed E-state index contributed by atoms with van der Waals surface area (Å²) < 4.78 is 13.1. The van der Waals surface area contributed by atoms with E-state index < -0.39 is 0 Å². The molecule has 64 heavy (non-hydrogen) atoms. The van der Waals surface area contributed by atoms with Gasteiger partial charge in [-0.05, 0) is 85.5 Å². The van der Waals surface area contributed by atoms with Gasteiger partial charge >= 0.3 is 0 Å². The van der Waals surface area contributed by atoms with Crippen LogP contribution in [-0.4, -0.2) is 14.1 Å². The molecular weight excluding hydrogens is 964 g/mol. The number of fused-ring (bicyclic) bond motifs is 3. The van der Waals surface area contributed by atoms with Crippen molar-refractivity contribution in [2.24, 2.45) is 0 Å². The molecule has 0 atom stereocenters. The largest absolute Gasteiger partial charge is 0.510 e. The minimum atomic E-state index is -0.349. The normalized spacial score (nSPS) is 12.4. The number of imidazole rings is 1. The van der Waals surface area contributed by atoms with E-state index in [2.05, 4.69) is 226 Å². The van der Waals surface area contributed by atoms with Crippen LogP contribution < -0.4 is 9.30 Å². The zero-order valence-corrected chi connectivity index (χ0v) is 40.8. The maximum Gasteiger partial charge on any atom is 0.267 e. The molecule has 0 unspecified atom stereocenters. The molecule has 0 aliphatic rings. The van der Waals surface area contributed by atoms with Crippen LogP contribution >= 0.6 is 0 Å². The predicted molar refractivity (Wildman–Crippen MR) is 257 cm³/mol. The number of nitrogens with zero attached hydrogens (tertiary/aromatic N) is 4. The summed E-state index contributed by atoms with van der Waals surface area (Å²) in [5, 5.41) is 2.26. The Morgan fingerprint density at radius 2 is 1.17 bits per heavy atom. The Morgan fingerprint density at radius 3 is 1.84 bits per heavy atom. The van der Waals surface area contributed by atoms with Crippen LogP contribution in [0.15, 0.2) is 158 Å². The first-order valence-corrected chi connectivity index (χ1v) is 22.0. The predicted octanol–water partition coefficient (Wildman–Crippen LogP) is 13.7. The minimum absolute atomic E-state index is 0. The van der Waals surface area contributed by atoms with Gasteiger partial charge in [-0.3, -0.25) is 4.57 Å². The molecule has 6 heteroatoms. The van der Waals surface area contributed by atoms with Gasteiger partial charge in [0.1, 0.15) is 5.82 Å². The van der Waals surface area contributed by atoms with Crippen molar-refractivity contribution in [1.82, 2.24) is 14.1 Å². The average molecular weight is 1020 g/mol. The molecule has 6 aromatic carbocycles. The number of aromatic nitrogens is 4. The standard InChI is InChI=1S/C58H56N4O.Pt/c1-55(2,3)42-24-27-52-51(35-42)50-26-25-48(38-53(50)62(52)54-36-43(28-29-59-54)56(4,5)6)63-49-34-45(58(9,10)41-20-15-12-16-21-41)33-47(37-49)61-31-30-60(39-61)46-23-17-22-44(32-46)57(7,8)40-18-13-11-14-19-40;/h11-36H,1-10H3;/q-2;. The third-order valence-electron chi connectivity index (χ3n) is 12.8. The molecule has 0 aliphatic carbocycles. The van der Waals surface area contributed by atoms with Crippen LogP contribution in [-0.2, 0) is 42.7 Å². The van der Waals surface area contributed by atoms with E-state index >= 15 is 0 Å². The second-order valence-corrected chi connectivity index (χ2v) is 19.9. The summed E-state index contributed by atoms with van der Waals surface area (Å²) in [4.78, 5) is 4.94. The first kappa shape index (κ1) is 44.6. The van der Waals surface area contributed by atoms with Crippen LogP contribution in [0.4, 0.5) is 0 Å². The van der Waals surface area contributed by atoms with Gasteiger partial charge in [0.15, 0.2) is 0 Å². The number of hydrogen-bond acceptors (Lipinski definition) is 2. The molecular formula is C58H56N4OPt-2. The van der Waals surface area contributed by atoms with Gasteiger partial charge in [0, 0.05) is 62.1 Å². The Hall–Kier alpha value is -6.03. The zero-order chi connectivity index (χ0) is 44.3. The Bertz CT molecular complexity index is 3110. The Kier molecular flexibility index (Phi) is 11.7. The van der Waals surface area contributed by atoms with Crippen LogP contribution in [0.25, 0.3) is 39.0 Å². The van der Waals surface area contributed by atoms with Crippen molar-refractivity contribution in [3.63, 3.8) is 0 Å². The summed E-state index contributed by atoms with van der Waals surface area (Å²) >= 11 is 0. The molecule has 326 valence electrons. The fourth-order valence-electron chi connectivity index (χ4n) is 8.57. The molecule has 0 saturated carbocycles. The van der Waals surface area contributed by atoms with Crippen molar-refractivity contribution in [3.8, 4) is 28.7 Å². The third kappa shape index (κ3) is 8.51. The van der Waals surface area contributed by atoms with Crippen LogP contribution in [0.5, 0.6) is 11.5 Å². The molecule has 0 fully saturated rings. The average Bonchev–Trinajstić information content (AvgIpc) is 3.90. The number of rotatable bonds is 9. The number of ether oxygens (including phenoxy) is 1. The summed E-state index contributed by atoms with van der Waals surface area (Å²) in [6.07, 6.45) is 9.59. The number of hydrogen-bond donors (Lipinski definition) is 0. The van der Waals surface area contributed by atoms with E-state index in [1.807, 2.05) is 33.8 Å². The van der Waals surface area contributed by atoms with Gasteiger partial charge in [0.25, 0.3) is 6.33 Å². The van der Waals surface area contributed by atoms with Gasteiger partial charge in [-0.25, -0.2) is 4.98 Å². The second kappa shape index (κ2) is 16.8. The Morgan fingerprint density at radius 1 is 0.531 bits per heavy atom. The van der Waals surface area contributed by atoms with Gasteiger partial charge < -0.3 is 13.9 Å². The van der Waals surface area contributed by atoms with Gasteiger partial charge in [-0.2, -0.15) is 12.1 Å². The molecule has 3 aromatic heterocycles. The summed E-state index contributed by atoms with van der Waals surface area (Å²) in [5.41, 5.74) is 10.5. The van der Waals surface area contributed by atoms with E-state index in [1.54, 1.807) is 0 Å². The van der Waals surface area contributed by atoms with E-state index in [-0.39, 0.29) is 42.7 Å². The van der Waals surface area contributed by atoms with Gasteiger partial charge in [0.2, 0.25) is 0 Å². The van der Waals surface area contributed by atoms with Gasteiger partial charge in [-0.1, -0.05) is 160 Å². The van der Waals surface area contributed by atoms with E-state index in [4.69, 9.17) is 9.72 Å². The summed E-state index contributed by atoms with van der Waals surface area (Å²) in [5.74, 6) is 2.04. The van der Waals surface area contributed by atoms with E-state index in [9.17, 15) is 0 Å². The number of benzene rings is 6. The number of pyridine rings is 1. The molecule has 5 nitrogen and oxygen atoms in total. The van der Waals surface area contributed by atoms with Crippen molar-refractivity contribution in [3.05, 3.63) is 210 Å². The Labute approximate surface area is 393 Å². The fourth-order valence-corrected chi connectivity index (χ4v) is 8.57. The van der Waals surface area contributed by atoms with Crippen molar-refractivity contribution < 1.29 is 30.4 Å². The first-order valence-electron chi connectivity index (χ1n) is 22.0. The summed E-state index contributed by atoms with van der Waals surface area (Å²) in [6.45, 7) is 22.5. The van der Waals surface area contributed by atoms with Crippen LogP contribution in [0, 0.1) is 18.5 Å². The second-order valence-electron chi connectivity index (χ2n) is 19.9. The van der Waals surface area contributed by atoms with Crippen molar-refractivity contribution >= 4 is 21.8 Å². The van der Waals surface area contributed by atoms with Crippen molar-refractivity contribution in [1.29, 1.82) is 0 Å². The zero-order valence-electron chi connectivity index (χ0n) is 38.5. The Balaban J connectivity index is 0.00000560. The maximum absolute atomic E-state index is 6.87. The summed E-state index contributed by atoms with van der Waals surface area (Å²) in [6, 6.07) is 56.9. The molecule has 9 aromatic rings. The first-order chi connectivity index (χ1) is 30.0. The SMILES string of the molecule is CC(C)(C)c1ccnc(-n2c3[c-]c(Oc4[c-]c(-n5[c-][n+](-c6cccc(C(C)(C)c7ccccc7)c6)cc5)cc(C(C)(C)c5ccccc5)c4)ccc3c3cc(C(C)(C)C)ccc32)c1.[Pt]. The van der Waals surface area contributed by atoms with Gasteiger partial charge in [-0.15, -0.1) is 35.2 Å². The molecule has 0 N–H and O–H groups in total. The maximum atomic E-state index is 6.87. The third-order valence-corrected chi connectivity index (χ3v) is 12.8. The molecule has 0 saturated heterocycles. The fraction of sp³-hybridized carbons (Fsp3) is 0.241. The molecule has 0 radical (unpaired) electrons. The molecule has 0 amide bonds.